The number of aromatic hydroxyl groups is 1. The zero-order chi connectivity index (χ0) is 24.6. The molecule has 0 aliphatic carbocycles. The van der Waals surface area contributed by atoms with Gasteiger partial charge in [-0.3, -0.25) is 19.7 Å². The van der Waals surface area contributed by atoms with E-state index >= 15 is 0 Å². The molecule has 1 aliphatic rings. The Morgan fingerprint density at radius 1 is 1.06 bits per heavy atom. The summed E-state index contributed by atoms with van der Waals surface area (Å²) in [5.74, 6) is -3.07. The summed E-state index contributed by atoms with van der Waals surface area (Å²) in [6.45, 7) is -0.0783. The smallest absolute Gasteiger partial charge is 0.295 e. The van der Waals surface area contributed by atoms with Gasteiger partial charge in [-0.2, -0.15) is 0 Å². The van der Waals surface area contributed by atoms with E-state index in [4.69, 9.17) is 11.6 Å². The lowest BCUT2D eigenvalue weighted by Gasteiger charge is -2.25. The van der Waals surface area contributed by atoms with Crippen molar-refractivity contribution in [3.63, 3.8) is 0 Å². The molecular formula is C24H16ClFN2O6. The zero-order valence-corrected chi connectivity index (χ0v) is 18.1. The molecule has 1 aliphatic heterocycles. The SMILES string of the molecule is O=C1C(=O)N(Cc2ccc(F)cc2)C(c2ccc(O)c(Cl)c2)/C1=C(/O)c1ccc([N+](=O)[O-])cc1. The van der Waals surface area contributed by atoms with Gasteiger partial charge in [0.05, 0.1) is 21.6 Å². The van der Waals surface area contributed by atoms with Crippen LogP contribution in [0.25, 0.3) is 5.76 Å². The summed E-state index contributed by atoms with van der Waals surface area (Å²) in [6.07, 6.45) is 0. The monoisotopic (exact) mass is 482 g/mol. The Morgan fingerprint density at radius 2 is 1.71 bits per heavy atom. The van der Waals surface area contributed by atoms with E-state index < -0.39 is 34.2 Å². The topological polar surface area (TPSA) is 121 Å². The van der Waals surface area contributed by atoms with E-state index in [0.29, 0.717) is 11.1 Å². The van der Waals surface area contributed by atoms with E-state index in [1.54, 1.807) is 0 Å². The van der Waals surface area contributed by atoms with Crippen LogP contribution in [0.1, 0.15) is 22.7 Å². The number of likely N-dealkylation sites (tertiary alicyclic amines) is 1. The van der Waals surface area contributed by atoms with Crippen LogP contribution in [0.2, 0.25) is 5.02 Å². The number of ketones is 1. The number of phenols is 1. The van der Waals surface area contributed by atoms with Gasteiger partial charge in [0.2, 0.25) is 0 Å². The summed E-state index contributed by atoms with van der Waals surface area (Å²) in [5.41, 5.74) is 0.513. The molecule has 8 nitrogen and oxygen atoms in total. The number of aliphatic hydroxyl groups excluding tert-OH is 1. The molecule has 10 heteroatoms. The number of carbonyl (C=O) groups excluding carboxylic acids is 2. The van der Waals surface area contributed by atoms with Crippen molar-refractivity contribution in [1.29, 1.82) is 0 Å². The predicted octanol–water partition coefficient (Wildman–Crippen LogP) is 4.71. The Labute approximate surface area is 197 Å². The minimum Gasteiger partial charge on any atom is -0.507 e. The lowest BCUT2D eigenvalue weighted by Crippen LogP contribution is -2.29. The molecule has 34 heavy (non-hydrogen) atoms. The Bertz CT molecular complexity index is 1340. The number of rotatable bonds is 5. The second kappa shape index (κ2) is 8.95. The van der Waals surface area contributed by atoms with Crippen molar-refractivity contribution in [2.75, 3.05) is 0 Å². The van der Waals surface area contributed by atoms with Crippen molar-refractivity contribution in [3.8, 4) is 5.75 Å². The molecular weight excluding hydrogens is 467 g/mol. The van der Waals surface area contributed by atoms with Gasteiger partial charge in [0.15, 0.2) is 0 Å². The molecule has 1 amide bonds. The highest BCUT2D eigenvalue weighted by atomic mass is 35.5. The summed E-state index contributed by atoms with van der Waals surface area (Å²) in [7, 11) is 0. The van der Waals surface area contributed by atoms with Crippen molar-refractivity contribution in [3.05, 3.63) is 110 Å². The number of amides is 1. The standard InChI is InChI=1S/C24H16ClFN2O6/c25-18-11-15(5-10-19(18)29)21-20(22(30)14-3-8-17(9-4-14)28(33)34)23(31)24(32)27(21)12-13-1-6-16(26)7-2-13/h1-11,21,29-30H,12H2/b22-20-. The van der Waals surface area contributed by atoms with Crippen LogP contribution in [0.3, 0.4) is 0 Å². The number of non-ortho nitro benzene ring substituents is 1. The number of benzene rings is 3. The maximum Gasteiger partial charge on any atom is 0.295 e. The van der Waals surface area contributed by atoms with Crippen LogP contribution >= 0.6 is 11.6 Å². The molecule has 0 spiro atoms. The third-order valence-electron chi connectivity index (χ3n) is 5.45. The molecule has 1 unspecified atom stereocenters. The second-order valence-electron chi connectivity index (χ2n) is 7.57. The Balaban J connectivity index is 1.85. The summed E-state index contributed by atoms with van der Waals surface area (Å²) < 4.78 is 13.3. The molecule has 0 bridgehead atoms. The number of hydrogen-bond donors (Lipinski definition) is 2. The number of carbonyl (C=O) groups is 2. The van der Waals surface area contributed by atoms with Crippen LogP contribution in [0.5, 0.6) is 5.75 Å². The molecule has 172 valence electrons. The van der Waals surface area contributed by atoms with E-state index in [2.05, 4.69) is 0 Å². The quantitative estimate of drug-likeness (QED) is 0.178. The number of aliphatic hydroxyl groups is 1. The predicted molar refractivity (Wildman–Crippen MR) is 120 cm³/mol. The lowest BCUT2D eigenvalue weighted by atomic mass is 9.95. The second-order valence-corrected chi connectivity index (χ2v) is 7.98. The normalized spacial score (nSPS) is 17.2. The fourth-order valence-electron chi connectivity index (χ4n) is 3.77. The Morgan fingerprint density at radius 3 is 2.29 bits per heavy atom. The minimum absolute atomic E-state index is 0.0276. The van der Waals surface area contributed by atoms with E-state index in [0.717, 1.165) is 12.1 Å². The maximum atomic E-state index is 13.3. The highest BCUT2D eigenvalue weighted by Gasteiger charge is 2.46. The van der Waals surface area contributed by atoms with Gasteiger partial charge < -0.3 is 15.1 Å². The van der Waals surface area contributed by atoms with Crippen molar-refractivity contribution in [2.45, 2.75) is 12.6 Å². The first-order valence-corrected chi connectivity index (χ1v) is 10.3. The summed E-state index contributed by atoms with van der Waals surface area (Å²) in [5, 5.41) is 31.7. The van der Waals surface area contributed by atoms with Gasteiger partial charge in [0, 0.05) is 24.2 Å². The average molecular weight is 483 g/mol. The summed E-state index contributed by atoms with van der Waals surface area (Å²) in [6, 6.07) is 13.3. The molecule has 0 saturated carbocycles. The van der Waals surface area contributed by atoms with Gasteiger partial charge >= 0.3 is 0 Å². The van der Waals surface area contributed by atoms with Gasteiger partial charge in [0.25, 0.3) is 17.4 Å². The fourth-order valence-corrected chi connectivity index (χ4v) is 3.95. The van der Waals surface area contributed by atoms with E-state index in [9.17, 15) is 34.3 Å². The first kappa shape index (κ1) is 22.9. The molecule has 1 heterocycles. The summed E-state index contributed by atoms with van der Waals surface area (Å²) in [4.78, 5) is 37.5. The molecule has 0 aromatic heterocycles. The number of nitro groups is 1. The van der Waals surface area contributed by atoms with Gasteiger partial charge in [-0.05, 0) is 47.5 Å². The molecule has 3 aromatic rings. The Kier molecular flexibility index (Phi) is 6.04. The van der Waals surface area contributed by atoms with Crippen molar-refractivity contribution in [2.24, 2.45) is 0 Å². The van der Waals surface area contributed by atoms with Crippen LogP contribution in [0.15, 0.2) is 72.3 Å². The lowest BCUT2D eigenvalue weighted by molar-refractivity contribution is -0.384. The molecule has 1 atom stereocenters. The number of phenolic OH excluding ortho intramolecular Hbond substituents is 1. The number of halogens is 2. The maximum absolute atomic E-state index is 13.3. The van der Waals surface area contributed by atoms with Crippen LogP contribution in [-0.4, -0.2) is 31.7 Å². The highest BCUT2D eigenvalue weighted by molar-refractivity contribution is 6.46. The summed E-state index contributed by atoms with van der Waals surface area (Å²) >= 11 is 6.06. The van der Waals surface area contributed by atoms with Crippen LogP contribution in [0, 0.1) is 15.9 Å². The third-order valence-corrected chi connectivity index (χ3v) is 5.75. The molecule has 3 aromatic carbocycles. The van der Waals surface area contributed by atoms with Crippen molar-refractivity contribution in [1.82, 2.24) is 4.90 Å². The molecule has 1 saturated heterocycles. The average Bonchev–Trinajstić information content (AvgIpc) is 3.06. The third kappa shape index (κ3) is 4.20. The van der Waals surface area contributed by atoms with E-state index in [1.165, 1.54) is 59.5 Å². The van der Waals surface area contributed by atoms with Gasteiger partial charge in [-0.1, -0.05) is 29.8 Å². The zero-order valence-electron chi connectivity index (χ0n) is 17.3. The van der Waals surface area contributed by atoms with Crippen molar-refractivity contribution >= 4 is 34.7 Å². The number of Topliss-reactive ketones (excluding diaryl/α,β-unsaturated/α-hetero) is 1. The van der Waals surface area contributed by atoms with Gasteiger partial charge in [0.1, 0.15) is 17.3 Å². The number of nitro benzene ring substituents is 1. The van der Waals surface area contributed by atoms with Crippen LogP contribution < -0.4 is 0 Å². The van der Waals surface area contributed by atoms with Crippen molar-refractivity contribution < 1.29 is 29.1 Å². The number of hydrogen-bond acceptors (Lipinski definition) is 6. The van der Waals surface area contributed by atoms with Crippen LogP contribution in [-0.2, 0) is 16.1 Å². The minimum atomic E-state index is -1.08. The number of nitrogens with zero attached hydrogens (tertiary/aromatic N) is 2. The Hall–Kier alpha value is -4.24. The molecule has 4 rings (SSSR count). The van der Waals surface area contributed by atoms with E-state index in [1.807, 2.05) is 0 Å². The van der Waals surface area contributed by atoms with E-state index in [-0.39, 0.29) is 34.1 Å². The van der Waals surface area contributed by atoms with Gasteiger partial charge in [-0.25, -0.2) is 4.39 Å². The first-order valence-electron chi connectivity index (χ1n) is 9.93. The highest BCUT2D eigenvalue weighted by Crippen LogP contribution is 2.42. The molecule has 0 radical (unpaired) electrons. The largest absolute Gasteiger partial charge is 0.507 e. The molecule has 2 N–H and O–H groups in total. The van der Waals surface area contributed by atoms with Crippen LogP contribution in [0.4, 0.5) is 10.1 Å². The molecule has 1 fully saturated rings. The fraction of sp³-hybridized carbons (Fsp3) is 0.0833. The first-order chi connectivity index (χ1) is 16.2. The van der Waals surface area contributed by atoms with Gasteiger partial charge in [-0.15, -0.1) is 0 Å².